The topological polar surface area (TPSA) is 67.5 Å². The van der Waals surface area contributed by atoms with E-state index in [0.717, 1.165) is 18.8 Å². The molecule has 0 aromatic carbocycles. The van der Waals surface area contributed by atoms with Crippen LogP contribution in [-0.2, 0) is 13.1 Å². The summed E-state index contributed by atoms with van der Waals surface area (Å²) in [7, 11) is 3.43. The molecule has 8 heteroatoms. The lowest BCUT2D eigenvalue weighted by molar-refractivity contribution is 0.0821. The van der Waals surface area contributed by atoms with Gasteiger partial charge in [0.1, 0.15) is 5.65 Å². The summed E-state index contributed by atoms with van der Waals surface area (Å²) in [6, 6.07) is 5.46. The highest BCUT2D eigenvalue weighted by Crippen LogP contribution is 2.17. The van der Waals surface area contributed by atoms with Crippen LogP contribution in [0.1, 0.15) is 16.2 Å². The van der Waals surface area contributed by atoms with Gasteiger partial charge in [-0.3, -0.25) is 9.48 Å². The molecule has 126 valence electrons. The molecule has 7 nitrogen and oxygen atoms in total. The number of hydrogen-bond donors (Lipinski definition) is 1. The number of carbonyl (C=O) groups excluding carboxylic acids is 1. The third kappa shape index (κ3) is 3.42. The molecule has 3 heterocycles. The van der Waals surface area contributed by atoms with Crippen molar-refractivity contribution in [1.29, 1.82) is 0 Å². The lowest BCUT2D eigenvalue weighted by atomic mass is 10.3. The second-order valence-corrected chi connectivity index (χ2v) is 6.06. The zero-order chi connectivity index (χ0) is 17.1. The molecule has 0 aliphatic heterocycles. The summed E-state index contributed by atoms with van der Waals surface area (Å²) in [5, 5.41) is 8.10. The van der Waals surface area contributed by atoms with Gasteiger partial charge in [0.15, 0.2) is 5.69 Å². The number of carbonyl (C=O) groups is 1. The van der Waals surface area contributed by atoms with Gasteiger partial charge in [-0.1, -0.05) is 11.6 Å². The van der Waals surface area contributed by atoms with E-state index < -0.39 is 0 Å². The number of rotatable bonds is 6. The summed E-state index contributed by atoms with van der Waals surface area (Å²) in [6.07, 6.45) is 5.44. The molecule has 24 heavy (non-hydrogen) atoms. The smallest absolute Gasteiger partial charge is 0.273 e. The van der Waals surface area contributed by atoms with Crippen molar-refractivity contribution in [3.05, 3.63) is 53.2 Å². The number of pyridine rings is 1. The largest absolute Gasteiger partial charge is 0.343 e. The zero-order valence-electron chi connectivity index (χ0n) is 13.6. The first-order valence-corrected chi connectivity index (χ1v) is 8.00. The van der Waals surface area contributed by atoms with Crippen LogP contribution in [-0.4, -0.2) is 50.6 Å². The third-order valence-corrected chi connectivity index (χ3v) is 3.88. The summed E-state index contributed by atoms with van der Waals surface area (Å²) in [5.74, 6) is -0.126. The number of fused-ring (bicyclic) bond motifs is 1. The predicted octanol–water partition coefficient (Wildman–Crippen LogP) is 1.68. The summed E-state index contributed by atoms with van der Waals surface area (Å²) in [4.78, 5) is 18.4. The molecule has 0 unspecified atom stereocenters. The molecule has 1 amide bonds. The Morgan fingerprint density at radius 1 is 1.38 bits per heavy atom. The Balaban J connectivity index is 1.82. The number of hydrogen-bond acceptors (Lipinski definition) is 4. The molecular formula is C16H19ClN6O. The standard InChI is InChI=1S/C16H19ClN6O/c1-21(2)16(24)15-13(10-18-7-9-22-8-3-6-19-22)23-11-12(17)4-5-14(23)20-15/h3-6,8,11,18H,7,9-10H2,1-2H3. The summed E-state index contributed by atoms with van der Waals surface area (Å²) < 4.78 is 3.71. The van der Waals surface area contributed by atoms with Gasteiger partial charge in [0.2, 0.25) is 0 Å². The Kier molecular flexibility index (Phi) is 4.82. The first-order chi connectivity index (χ1) is 11.6. The highest BCUT2D eigenvalue weighted by molar-refractivity contribution is 6.30. The van der Waals surface area contributed by atoms with Crippen LogP contribution in [0.3, 0.4) is 0 Å². The number of nitrogens with one attached hydrogen (secondary N) is 1. The Hall–Kier alpha value is -2.38. The number of imidazole rings is 1. The van der Waals surface area contributed by atoms with Gasteiger partial charge in [-0.05, 0) is 18.2 Å². The third-order valence-electron chi connectivity index (χ3n) is 3.66. The molecule has 3 aromatic rings. The normalized spacial score (nSPS) is 11.1. The Bertz CT molecular complexity index is 840. The molecule has 0 saturated carbocycles. The number of halogens is 1. The maximum Gasteiger partial charge on any atom is 0.273 e. The summed E-state index contributed by atoms with van der Waals surface area (Å²) >= 11 is 6.09. The minimum absolute atomic E-state index is 0.126. The van der Waals surface area contributed by atoms with Gasteiger partial charge in [0.05, 0.1) is 17.3 Å². The predicted molar refractivity (Wildman–Crippen MR) is 92.2 cm³/mol. The lowest BCUT2D eigenvalue weighted by Gasteiger charge is -2.11. The quantitative estimate of drug-likeness (QED) is 0.689. The second kappa shape index (κ2) is 7.02. The van der Waals surface area contributed by atoms with E-state index in [4.69, 9.17) is 11.6 Å². The van der Waals surface area contributed by atoms with Crippen LogP contribution in [0.15, 0.2) is 36.8 Å². The minimum Gasteiger partial charge on any atom is -0.343 e. The Morgan fingerprint density at radius 2 is 2.21 bits per heavy atom. The Morgan fingerprint density at radius 3 is 2.92 bits per heavy atom. The van der Waals surface area contributed by atoms with E-state index in [2.05, 4.69) is 15.4 Å². The van der Waals surface area contributed by atoms with E-state index in [0.29, 0.717) is 22.9 Å². The van der Waals surface area contributed by atoms with E-state index in [1.807, 2.05) is 27.4 Å². The van der Waals surface area contributed by atoms with Crippen LogP contribution >= 0.6 is 11.6 Å². The van der Waals surface area contributed by atoms with Gasteiger partial charge in [0.25, 0.3) is 5.91 Å². The van der Waals surface area contributed by atoms with Gasteiger partial charge in [-0.25, -0.2) is 4.98 Å². The highest BCUT2D eigenvalue weighted by Gasteiger charge is 2.20. The van der Waals surface area contributed by atoms with Crippen molar-refractivity contribution >= 4 is 23.2 Å². The van der Waals surface area contributed by atoms with Gasteiger partial charge in [-0.2, -0.15) is 5.10 Å². The molecule has 3 rings (SSSR count). The SMILES string of the molecule is CN(C)C(=O)c1nc2ccc(Cl)cn2c1CNCCn1cccn1. The maximum absolute atomic E-state index is 12.4. The molecule has 0 fully saturated rings. The van der Waals surface area contributed by atoms with E-state index in [9.17, 15) is 4.79 Å². The van der Waals surface area contributed by atoms with E-state index >= 15 is 0 Å². The first-order valence-electron chi connectivity index (χ1n) is 7.62. The molecule has 0 spiro atoms. The second-order valence-electron chi connectivity index (χ2n) is 5.63. The average molecular weight is 347 g/mol. The summed E-state index contributed by atoms with van der Waals surface area (Å²) in [5.41, 5.74) is 1.94. The molecule has 0 radical (unpaired) electrons. The lowest BCUT2D eigenvalue weighted by Crippen LogP contribution is -2.26. The van der Waals surface area contributed by atoms with Crippen molar-refractivity contribution in [3.8, 4) is 0 Å². The van der Waals surface area contributed by atoms with Gasteiger partial charge < -0.3 is 14.6 Å². The molecule has 3 aromatic heterocycles. The fraction of sp³-hybridized carbons (Fsp3) is 0.312. The zero-order valence-corrected chi connectivity index (χ0v) is 14.4. The van der Waals surface area contributed by atoms with Crippen LogP contribution in [0.5, 0.6) is 0 Å². The fourth-order valence-corrected chi connectivity index (χ4v) is 2.61. The average Bonchev–Trinajstić information content (AvgIpc) is 3.18. The van der Waals surface area contributed by atoms with Crippen molar-refractivity contribution in [3.63, 3.8) is 0 Å². The molecule has 1 N–H and O–H groups in total. The molecule has 0 aliphatic rings. The van der Waals surface area contributed by atoms with Crippen molar-refractivity contribution in [2.24, 2.45) is 0 Å². The van der Waals surface area contributed by atoms with Crippen LogP contribution in [0, 0.1) is 0 Å². The fourth-order valence-electron chi connectivity index (χ4n) is 2.45. The monoisotopic (exact) mass is 346 g/mol. The van der Waals surface area contributed by atoms with Crippen molar-refractivity contribution in [2.75, 3.05) is 20.6 Å². The number of nitrogens with zero attached hydrogens (tertiary/aromatic N) is 5. The van der Waals surface area contributed by atoms with Crippen molar-refractivity contribution < 1.29 is 4.79 Å². The van der Waals surface area contributed by atoms with E-state index in [-0.39, 0.29) is 5.91 Å². The van der Waals surface area contributed by atoms with Crippen LogP contribution in [0.2, 0.25) is 5.02 Å². The summed E-state index contributed by atoms with van der Waals surface area (Å²) in [6.45, 7) is 1.99. The van der Waals surface area contributed by atoms with Crippen LogP contribution < -0.4 is 5.32 Å². The number of amides is 1. The minimum atomic E-state index is -0.126. The molecule has 0 bridgehead atoms. The van der Waals surface area contributed by atoms with Crippen molar-refractivity contribution in [1.82, 2.24) is 29.4 Å². The molecule has 0 aliphatic carbocycles. The molecule has 0 atom stereocenters. The van der Waals surface area contributed by atoms with E-state index in [1.165, 1.54) is 4.90 Å². The highest BCUT2D eigenvalue weighted by atomic mass is 35.5. The van der Waals surface area contributed by atoms with Crippen LogP contribution in [0.25, 0.3) is 5.65 Å². The van der Waals surface area contributed by atoms with Gasteiger partial charge >= 0.3 is 0 Å². The van der Waals surface area contributed by atoms with Crippen LogP contribution in [0.4, 0.5) is 0 Å². The molecular weight excluding hydrogens is 328 g/mol. The van der Waals surface area contributed by atoms with Gasteiger partial charge in [0, 0.05) is 45.8 Å². The maximum atomic E-state index is 12.4. The molecule has 0 saturated heterocycles. The van der Waals surface area contributed by atoms with Gasteiger partial charge in [-0.15, -0.1) is 0 Å². The first kappa shape index (κ1) is 16.5. The van der Waals surface area contributed by atoms with E-state index in [1.54, 1.807) is 32.6 Å². The van der Waals surface area contributed by atoms with Crippen molar-refractivity contribution in [2.45, 2.75) is 13.1 Å². The Labute approximate surface area is 144 Å². The number of aromatic nitrogens is 4.